The first-order chi connectivity index (χ1) is 11.4. The standard InChI is InChI=1S/C20H27N3O/c1-13(2)9-15-5-7-16(8-6-15)18-11-21-20(22-18)17-10-19(24)23(12-17)14(3)4/h5-8,11,13-14,17H,9-10,12H2,1-4H3,(H,21,22)/t17-/m1/s1. The Labute approximate surface area is 144 Å². The van der Waals surface area contributed by atoms with E-state index in [9.17, 15) is 4.79 Å². The smallest absolute Gasteiger partial charge is 0.223 e. The lowest BCUT2D eigenvalue weighted by molar-refractivity contribution is -0.129. The molecule has 0 aliphatic carbocycles. The van der Waals surface area contributed by atoms with Crippen LogP contribution in [0.2, 0.25) is 0 Å². The van der Waals surface area contributed by atoms with Crippen LogP contribution in [0.15, 0.2) is 30.5 Å². The van der Waals surface area contributed by atoms with Crippen molar-refractivity contribution in [2.75, 3.05) is 6.54 Å². The molecule has 24 heavy (non-hydrogen) atoms. The van der Waals surface area contributed by atoms with Crippen LogP contribution in [0, 0.1) is 5.92 Å². The quantitative estimate of drug-likeness (QED) is 0.903. The summed E-state index contributed by atoms with van der Waals surface area (Å²) in [5, 5.41) is 0. The summed E-state index contributed by atoms with van der Waals surface area (Å²) >= 11 is 0. The number of likely N-dealkylation sites (tertiary alicyclic amines) is 1. The molecule has 1 saturated heterocycles. The van der Waals surface area contributed by atoms with Gasteiger partial charge >= 0.3 is 0 Å². The number of H-pyrrole nitrogens is 1. The van der Waals surface area contributed by atoms with Crippen LogP contribution in [0.4, 0.5) is 0 Å². The monoisotopic (exact) mass is 325 g/mol. The number of carbonyl (C=O) groups is 1. The summed E-state index contributed by atoms with van der Waals surface area (Å²) in [5.41, 5.74) is 3.53. The highest BCUT2D eigenvalue weighted by Gasteiger charge is 2.33. The van der Waals surface area contributed by atoms with E-state index in [1.807, 2.05) is 11.1 Å². The van der Waals surface area contributed by atoms with Gasteiger partial charge in [0.25, 0.3) is 0 Å². The predicted octanol–water partition coefficient (Wildman–Crippen LogP) is 4.00. The van der Waals surface area contributed by atoms with E-state index in [4.69, 9.17) is 0 Å². The van der Waals surface area contributed by atoms with Gasteiger partial charge in [-0.05, 0) is 37.3 Å². The molecule has 1 aliphatic rings. The zero-order chi connectivity index (χ0) is 17.3. The Bertz CT molecular complexity index is 700. The molecule has 1 aromatic heterocycles. The molecule has 0 bridgehead atoms. The van der Waals surface area contributed by atoms with Gasteiger partial charge in [0, 0.05) is 24.9 Å². The van der Waals surface area contributed by atoms with Crippen molar-refractivity contribution in [2.45, 2.75) is 52.5 Å². The van der Waals surface area contributed by atoms with Gasteiger partial charge in [0.05, 0.1) is 11.9 Å². The molecule has 4 heteroatoms. The molecule has 1 fully saturated rings. The highest BCUT2D eigenvalue weighted by molar-refractivity contribution is 5.79. The average molecular weight is 325 g/mol. The van der Waals surface area contributed by atoms with Gasteiger partial charge in [0.15, 0.2) is 0 Å². The Kier molecular flexibility index (Phi) is 4.74. The summed E-state index contributed by atoms with van der Waals surface area (Å²) in [5.74, 6) is 1.99. The van der Waals surface area contributed by atoms with Crippen molar-refractivity contribution in [3.63, 3.8) is 0 Å². The molecule has 1 aliphatic heterocycles. The largest absolute Gasteiger partial charge is 0.342 e. The van der Waals surface area contributed by atoms with Crippen LogP contribution in [0.25, 0.3) is 11.3 Å². The summed E-state index contributed by atoms with van der Waals surface area (Å²) in [4.78, 5) is 22.0. The third kappa shape index (κ3) is 3.53. The number of nitrogens with zero attached hydrogens (tertiary/aromatic N) is 2. The zero-order valence-corrected chi connectivity index (χ0v) is 15.0. The molecule has 2 heterocycles. The van der Waals surface area contributed by atoms with E-state index in [1.54, 1.807) is 0 Å². The van der Waals surface area contributed by atoms with Gasteiger partial charge in [-0.3, -0.25) is 4.79 Å². The second-order valence-corrected chi connectivity index (χ2v) is 7.52. The number of imidazole rings is 1. The normalized spacial score (nSPS) is 18.2. The topological polar surface area (TPSA) is 49.0 Å². The molecule has 1 amide bonds. The first kappa shape index (κ1) is 16.7. The van der Waals surface area contributed by atoms with E-state index in [2.05, 4.69) is 61.9 Å². The Morgan fingerprint density at radius 2 is 1.92 bits per heavy atom. The fraction of sp³-hybridized carbons (Fsp3) is 0.500. The van der Waals surface area contributed by atoms with E-state index in [1.165, 1.54) is 5.56 Å². The van der Waals surface area contributed by atoms with E-state index in [0.29, 0.717) is 12.3 Å². The molecule has 1 aromatic carbocycles. The number of amides is 1. The van der Waals surface area contributed by atoms with Crippen molar-refractivity contribution in [2.24, 2.45) is 5.92 Å². The maximum Gasteiger partial charge on any atom is 0.223 e. The van der Waals surface area contributed by atoms with Crippen LogP contribution in [0.3, 0.4) is 0 Å². The highest BCUT2D eigenvalue weighted by Crippen LogP contribution is 2.29. The molecule has 1 atom stereocenters. The van der Waals surface area contributed by atoms with Crippen molar-refractivity contribution in [1.82, 2.24) is 14.9 Å². The van der Waals surface area contributed by atoms with Gasteiger partial charge in [-0.1, -0.05) is 38.1 Å². The van der Waals surface area contributed by atoms with Crippen LogP contribution in [-0.2, 0) is 11.2 Å². The first-order valence-corrected chi connectivity index (χ1v) is 8.87. The van der Waals surface area contributed by atoms with E-state index < -0.39 is 0 Å². The van der Waals surface area contributed by atoms with Crippen LogP contribution >= 0.6 is 0 Å². The van der Waals surface area contributed by atoms with Gasteiger partial charge in [-0.15, -0.1) is 0 Å². The third-order valence-electron chi connectivity index (χ3n) is 4.67. The molecule has 128 valence electrons. The molecule has 0 spiro atoms. The molecule has 0 unspecified atom stereocenters. The second-order valence-electron chi connectivity index (χ2n) is 7.52. The minimum Gasteiger partial charge on any atom is -0.342 e. The number of hydrogen-bond acceptors (Lipinski definition) is 2. The lowest BCUT2D eigenvalue weighted by Crippen LogP contribution is -2.31. The number of carbonyl (C=O) groups excluding carboxylic acids is 1. The summed E-state index contributed by atoms with van der Waals surface area (Å²) in [6.07, 6.45) is 3.54. The van der Waals surface area contributed by atoms with E-state index >= 15 is 0 Å². The van der Waals surface area contributed by atoms with E-state index in [-0.39, 0.29) is 17.9 Å². The first-order valence-electron chi connectivity index (χ1n) is 8.87. The predicted molar refractivity (Wildman–Crippen MR) is 96.8 cm³/mol. The van der Waals surface area contributed by atoms with Crippen LogP contribution < -0.4 is 0 Å². The Balaban J connectivity index is 1.73. The van der Waals surface area contributed by atoms with Gasteiger partial charge in [0.2, 0.25) is 5.91 Å². The molecule has 0 saturated carbocycles. The van der Waals surface area contributed by atoms with Crippen molar-refractivity contribution < 1.29 is 4.79 Å². The minimum atomic E-state index is 0.175. The lowest BCUT2D eigenvalue weighted by atomic mass is 10.0. The highest BCUT2D eigenvalue weighted by atomic mass is 16.2. The van der Waals surface area contributed by atoms with Gasteiger partial charge in [-0.25, -0.2) is 4.98 Å². The minimum absolute atomic E-state index is 0.175. The Morgan fingerprint density at radius 1 is 1.21 bits per heavy atom. The molecular weight excluding hydrogens is 298 g/mol. The van der Waals surface area contributed by atoms with Crippen LogP contribution in [0.5, 0.6) is 0 Å². The lowest BCUT2D eigenvalue weighted by Gasteiger charge is -2.20. The summed E-state index contributed by atoms with van der Waals surface area (Å²) < 4.78 is 0. The molecule has 4 nitrogen and oxygen atoms in total. The summed E-state index contributed by atoms with van der Waals surface area (Å²) in [6, 6.07) is 8.93. The van der Waals surface area contributed by atoms with E-state index in [0.717, 1.165) is 30.0 Å². The third-order valence-corrected chi connectivity index (χ3v) is 4.67. The molecule has 3 rings (SSSR count). The number of benzene rings is 1. The number of aromatic amines is 1. The van der Waals surface area contributed by atoms with Crippen LogP contribution in [0.1, 0.15) is 51.4 Å². The maximum absolute atomic E-state index is 12.1. The van der Waals surface area contributed by atoms with Gasteiger partial charge < -0.3 is 9.88 Å². The molecule has 0 radical (unpaired) electrons. The number of aromatic nitrogens is 2. The van der Waals surface area contributed by atoms with Gasteiger partial charge in [-0.2, -0.15) is 0 Å². The average Bonchev–Trinajstić information content (AvgIpc) is 3.14. The Morgan fingerprint density at radius 3 is 2.50 bits per heavy atom. The van der Waals surface area contributed by atoms with Crippen molar-refractivity contribution >= 4 is 5.91 Å². The fourth-order valence-corrected chi connectivity index (χ4v) is 3.40. The SMILES string of the molecule is CC(C)Cc1ccc(-c2cnc([C@@H]3CC(=O)N(C(C)C)C3)[nH]2)cc1. The van der Waals surface area contributed by atoms with Crippen molar-refractivity contribution in [1.29, 1.82) is 0 Å². The molecular formula is C20H27N3O. The Hall–Kier alpha value is -2.10. The summed E-state index contributed by atoms with van der Waals surface area (Å²) in [7, 11) is 0. The number of rotatable bonds is 5. The number of hydrogen-bond donors (Lipinski definition) is 1. The van der Waals surface area contributed by atoms with Crippen molar-refractivity contribution in [3.8, 4) is 11.3 Å². The zero-order valence-electron chi connectivity index (χ0n) is 15.0. The fourth-order valence-electron chi connectivity index (χ4n) is 3.40. The molecule has 1 N–H and O–H groups in total. The van der Waals surface area contributed by atoms with Gasteiger partial charge in [0.1, 0.15) is 5.82 Å². The maximum atomic E-state index is 12.1. The van der Waals surface area contributed by atoms with Crippen molar-refractivity contribution in [3.05, 3.63) is 41.9 Å². The second kappa shape index (κ2) is 6.80. The van der Waals surface area contributed by atoms with Crippen LogP contribution in [-0.4, -0.2) is 33.4 Å². The summed E-state index contributed by atoms with van der Waals surface area (Å²) in [6.45, 7) is 9.35. The molecule has 2 aromatic rings. The number of nitrogens with one attached hydrogen (secondary N) is 1.